The second-order valence-electron chi connectivity index (χ2n) is 3.59. The molecule has 0 radical (unpaired) electrons. The molecule has 0 saturated heterocycles. The highest BCUT2D eigenvalue weighted by atomic mass is 16.5. The number of nitrogens with one attached hydrogen (secondary N) is 2. The van der Waals surface area contributed by atoms with E-state index in [0.29, 0.717) is 5.69 Å². The van der Waals surface area contributed by atoms with Gasteiger partial charge in [-0.05, 0) is 17.7 Å². The molecule has 0 saturated carbocycles. The van der Waals surface area contributed by atoms with Crippen LogP contribution in [0.1, 0.15) is 5.56 Å². The zero-order chi connectivity index (χ0) is 14.1. The highest BCUT2D eigenvalue weighted by Gasteiger charge is 2.05. The third-order valence-electron chi connectivity index (χ3n) is 2.18. The molecule has 6 nitrogen and oxygen atoms in total. The van der Waals surface area contributed by atoms with Gasteiger partial charge in [0.15, 0.2) is 0 Å². The summed E-state index contributed by atoms with van der Waals surface area (Å²) in [6.07, 6.45) is 3.33. The Morgan fingerprint density at radius 1 is 1.42 bits per heavy atom. The minimum atomic E-state index is -0.519. The lowest BCUT2D eigenvalue weighted by Gasteiger charge is -2.07. The summed E-state index contributed by atoms with van der Waals surface area (Å²) >= 11 is 0. The Kier molecular flexibility index (Phi) is 6.11. The summed E-state index contributed by atoms with van der Waals surface area (Å²) in [6.45, 7) is -0.232. The number of aliphatic hydroxyl groups is 1. The van der Waals surface area contributed by atoms with Gasteiger partial charge in [-0.3, -0.25) is 4.79 Å². The third kappa shape index (κ3) is 5.69. The van der Waals surface area contributed by atoms with Crippen LogP contribution in [0.15, 0.2) is 30.3 Å². The van der Waals surface area contributed by atoms with Crippen molar-refractivity contribution in [3.05, 3.63) is 35.9 Å². The number of ether oxygens (including phenoxy) is 1. The van der Waals surface area contributed by atoms with Crippen LogP contribution in [0, 0.1) is 0 Å². The predicted octanol–water partition coefficient (Wildman–Crippen LogP) is 0.987. The molecule has 0 aromatic heterocycles. The van der Waals surface area contributed by atoms with Crippen LogP contribution in [-0.2, 0) is 9.53 Å². The molecular formula is C13H16N2O4. The average molecular weight is 264 g/mol. The van der Waals surface area contributed by atoms with E-state index in [2.05, 4.69) is 15.4 Å². The highest BCUT2D eigenvalue weighted by Crippen LogP contribution is 2.11. The van der Waals surface area contributed by atoms with Gasteiger partial charge in [0.2, 0.25) is 0 Å². The lowest BCUT2D eigenvalue weighted by atomic mass is 10.2. The first kappa shape index (κ1) is 14.7. The first-order chi connectivity index (χ1) is 9.15. The number of hydrogen-bond acceptors (Lipinski definition) is 4. The number of amides is 2. The summed E-state index contributed by atoms with van der Waals surface area (Å²) in [5.41, 5.74) is 1.43. The highest BCUT2D eigenvalue weighted by molar-refractivity contribution is 5.91. The van der Waals surface area contributed by atoms with Gasteiger partial charge in [0.25, 0.3) is 0 Å². The fourth-order valence-corrected chi connectivity index (χ4v) is 1.31. The van der Waals surface area contributed by atoms with Crippen molar-refractivity contribution in [2.24, 2.45) is 0 Å². The molecule has 1 rings (SSSR count). The predicted molar refractivity (Wildman–Crippen MR) is 71.6 cm³/mol. The number of methoxy groups -OCH3 is 1. The maximum atomic E-state index is 11.5. The van der Waals surface area contributed by atoms with E-state index in [1.54, 1.807) is 30.4 Å². The van der Waals surface area contributed by atoms with Crippen molar-refractivity contribution in [3.63, 3.8) is 0 Å². The van der Waals surface area contributed by atoms with Crippen molar-refractivity contribution in [3.8, 4) is 0 Å². The van der Waals surface area contributed by atoms with Crippen molar-refractivity contribution < 1.29 is 19.4 Å². The summed E-state index contributed by atoms with van der Waals surface area (Å²) in [4.78, 5) is 22.3. The number of carbonyl (C=O) groups is 2. The summed E-state index contributed by atoms with van der Waals surface area (Å²) in [5, 5.41) is 13.6. The van der Waals surface area contributed by atoms with Gasteiger partial charge in [0.1, 0.15) is 6.54 Å². The molecule has 19 heavy (non-hydrogen) atoms. The topological polar surface area (TPSA) is 87.7 Å². The number of anilines is 1. The first-order valence-corrected chi connectivity index (χ1v) is 5.65. The summed E-state index contributed by atoms with van der Waals surface area (Å²) in [6, 6.07) is 6.57. The number of carbonyl (C=O) groups excluding carboxylic acids is 2. The van der Waals surface area contributed by atoms with Crippen LogP contribution >= 0.6 is 0 Å². The zero-order valence-electron chi connectivity index (χ0n) is 10.6. The SMILES string of the molecule is COC(=O)CNC(=O)Nc1cccc(C=CCO)c1. The number of esters is 1. The van der Waals surface area contributed by atoms with Crippen LogP contribution in [0.4, 0.5) is 10.5 Å². The van der Waals surface area contributed by atoms with Crippen molar-refractivity contribution in [1.82, 2.24) is 5.32 Å². The molecule has 0 aliphatic rings. The van der Waals surface area contributed by atoms with E-state index in [1.807, 2.05) is 6.07 Å². The van der Waals surface area contributed by atoms with Gasteiger partial charge >= 0.3 is 12.0 Å². The van der Waals surface area contributed by atoms with Crippen LogP contribution < -0.4 is 10.6 Å². The number of rotatable bonds is 5. The van der Waals surface area contributed by atoms with E-state index in [9.17, 15) is 9.59 Å². The molecule has 0 fully saturated rings. The van der Waals surface area contributed by atoms with Crippen molar-refractivity contribution >= 4 is 23.8 Å². The maximum absolute atomic E-state index is 11.5. The van der Waals surface area contributed by atoms with Crippen LogP contribution in [-0.4, -0.2) is 37.4 Å². The Bertz CT molecular complexity index is 471. The molecule has 0 spiro atoms. The molecule has 1 aromatic rings. The number of urea groups is 1. The largest absolute Gasteiger partial charge is 0.468 e. The third-order valence-corrected chi connectivity index (χ3v) is 2.18. The van der Waals surface area contributed by atoms with Gasteiger partial charge in [0, 0.05) is 5.69 Å². The standard InChI is InChI=1S/C13H16N2O4/c1-19-12(17)9-14-13(18)15-11-6-2-4-10(8-11)5-3-7-16/h2-6,8,16H,7,9H2,1H3,(H2,14,15,18). The van der Waals surface area contributed by atoms with E-state index >= 15 is 0 Å². The fourth-order valence-electron chi connectivity index (χ4n) is 1.31. The van der Waals surface area contributed by atoms with E-state index in [4.69, 9.17) is 5.11 Å². The lowest BCUT2D eigenvalue weighted by Crippen LogP contribution is -2.33. The number of benzene rings is 1. The molecule has 3 N–H and O–H groups in total. The molecule has 1 aromatic carbocycles. The molecule has 102 valence electrons. The Morgan fingerprint density at radius 3 is 2.89 bits per heavy atom. The van der Waals surface area contributed by atoms with E-state index in [1.165, 1.54) is 7.11 Å². The Balaban J connectivity index is 2.54. The van der Waals surface area contributed by atoms with Gasteiger partial charge in [0.05, 0.1) is 13.7 Å². The average Bonchev–Trinajstić information content (AvgIpc) is 2.43. The molecule has 0 aliphatic carbocycles. The smallest absolute Gasteiger partial charge is 0.325 e. The zero-order valence-corrected chi connectivity index (χ0v) is 10.6. The van der Waals surface area contributed by atoms with E-state index in [-0.39, 0.29) is 13.2 Å². The number of hydrogen-bond donors (Lipinski definition) is 3. The van der Waals surface area contributed by atoms with E-state index < -0.39 is 12.0 Å². The minimum Gasteiger partial charge on any atom is -0.468 e. The van der Waals surface area contributed by atoms with Gasteiger partial charge in [-0.25, -0.2) is 4.79 Å². The maximum Gasteiger partial charge on any atom is 0.325 e. The summed E-state index contributed by atoms with van der Waals surface area (Å²) < 4.78 is 4.40. The van der Waals surface area contributed by atoms with Crippen LogP contribution in [0.5, 0.6) is 0 Å². The second-order valence-corrected chi connectivity index (χ2v) is 3.59. The monoisotopic (exact) mass is 264 g/mol. The minimum absolute atomic E-state index is 0.0444. The van der Waals surface area contributed by atoms with Crippen molar-refractivity contribution in [2.45, 2.75) is 0 Å². The van der Waals surface area contributed by atoms with Crippen molar-refractivity contribution in [2.75, 3.05) is 25.6 Å². The van der Waals surface area contributed by atoms with Crippen LogP contribution in [0.2, 0.25) is 0 Å². The normalized spacial score (nSPS) is 10.2. The van der Waals surface area contributed by atoms with Gasteiger partial charge in [-0.1, -0.05) is 24.3 Å². The lowest BCUT2D eigenvalue weighted by molar-refractivity contribution is -0.139. The Hall–Kier alpha value is -2.34. The number of aliphatic hydroxyl groups excluding tert-OH is 1. The fraction of sp³-hybridized carbons (Fsp3) is 0.231. The first-order valence-electron chi connectivity index (χ1n) is 5.65. The molecule has 0 atom stereocenters. The Morgan fingerprint density at radius 2 is 2.21 bits per heavy atom. The summed E-state index contributed by atoms with van der Waals surface area (Å²) in [5.74, 6) is -0.519. The quantitative estimate of drug-likeness (QED) is 0.692. The van der Waals surface area contributed by atoms with Crippen LogP contribution in [0.25, 0.3) is 6.08 Å². The Labute approximate surface area is 111 Å². The molecular weight excluding hydrogens is 248 g/mol. The van der Waals surface area contributed by atoms with E-state index in [0.717, 1.165) is 5.56 Å². The summed E-state index contributed by atoms with van der Waals surface area (Å²) in [7, 11) is 1.25. The van der Waals surface area contributed by atoms with Crippen LogP contribution in [0.3, 0.4) is 0 Å². The molecule has 0 heterocycles. The molecule has 6 heteroatoms. The molecule has 0 bridgehead atoms. The molecule has 0 aliphatic heterocycles. The molecule has 2 amide bonds. The van der Waals surface area contributed by atoms with Gasteiger partial charge in [-0.2, -0.15) is 0 Å². The molecule has 0 unspecified atom stereocenters. The second kappa shape index (κ2) is 7.88. The van der Waals surface area contributed by atoms with Gasteiger partial charge < -0.3 is 20.5 Å². The van der Waals surface area contributed by atoms with Gasteiger partial charge in [-0.15, -0.1) is 0 Å². The van der Waals surface area contributed by atoms with Crippen molar-refractivity contribution in [1.29, 1.82) is 0 Å².